The van der Waals surface area contributed by atoms with E-state index in [4.69, 9.17) is 11.2 Å². The summed E-state index contributed by atoms with van der Waals surface area (Å²) in [6.45, 7) is 2.64. The van der Waals surface area contributed by atoms with Gasteiger partial charge in [-0.25, -0.2) is 0 Å². The third-order valence-electron chi connectivity index (χ3n) is 0.595. The number of terminal acetylenes is 1. The maximum Gasteiger partial charge on any atom is 0.0845 e. The first kappa shape index (κ1) is 7.10. The quantitative estimate of drug-likeness (QED) is 0.395. The van der Waals surface area contributed by atoms with Crippen molar-refractivity contribution in [1.29, 1.82) is 0 Å². The van der Waals surface area contributed by atoms with Gasteiger partial charge in [0.15, 0.2) is 0 Å². The summed E-state index contributed by atoms with van der Waals surface area (Å²) in [4.78, 5) is 0. The second kappa shape index (κ2) is 6.10. The maximum atomic E-state index is 4.95. The molecule has 0 aromatic carbocycles. The molecule has 0 aromatic heterocycles. The molecule has 0 aliphatic rings. The average Bonchev–Trinajstić information content (AvgIpc) is 1.81. The fourth-order valence-electron chi connectivity index (χ4n) is 0.280. The minimum Gasteiger partial charge on any atom is -0.502 e. The standard InChI is InChI=1S/C7H10O/c1-3-5-6-7-8-4-2/h1,6-7H,4-5H2,2H3/b7-6-. The van der Waals surface area contributed by atoms with E-state index in [2.05, 4.69) is 5.92 Å². The lowest BCUT2D eigenvalue weighted by atomic mass is 10.4. The van der Waals surface area contributed by atoms with Gasteiger partial charge < -0.3 is 4.74 Å². The zero-order chi connectivity index (χ0) is 6.24. The minimum absolute atomic E-state index is 0.653. The molecule has 0 amide bonds. The van der Waals surface area contributed by atoms with Gasteiger partial charge in [-0.05, 0) is 13.0 Å². The number of hydrogen-bond donors (Lipinski definition) is 0. The van der Waals surface area contributed by atoms with Crippen molar-refractivity contribution in [1.82, 2.24) is 0 Å². The molecule has 0 heterocycles. The van der Waals surface area contributed by atoms with Gasteiger partial charge in [-0.3, -0.25) is 0 Å². The molecular weight excluding hydrogens is 100 g/mol. The van der Waals surface area contributed by atoms with Crippen molar-refractivity contribution in [2.45, 2.75) is 13.3 Å². The lowest BCUT2D eigenvalue weighted by Crippen LogP contribution is -1.75. The summed E-state index contributed by atoms with van der Waals surface area (Å²) in [6.07, 6.45) is 9.04. The van der Waals surface area contributed by atoms with E-state index in [1.807, 2.05) is 13.0 Å². The fraction of sp³-hybridized carbons (Fsp3) is 0.429. The predicted molar refractivity (Wildman–Crippen MR) is 34.2 cm³/mol. The van der Waals surface area contributed by atoms with Gasteiger partial charge in [-0.2, -0.15) is 0 Å². The zero-order valence-corrected chi connectivity index (χ0v) is 5.05. The molecule has 0 radical (unpaired) electrons. The van der Waals surface area contributed by atoms with Gasteiger partial charge in [0, 0.05) is 6.42 Å². The summed E-state index contributed by atoms with van der Waals surface area (Å²) in [5.41, 5.74) is 0. The summed E-state index contributed by atoms with van der Waals surface area (Å²) in [5.74, 6) is 2.46. The molecule has 1 heteroatoms. The summed E-state index contributed by atoms with van der Waals surface area (Å²) < 4.78 is 4.86. The van der Waals surface area contributed by atoms with E-state index in [0.29, 0.717) is 13.0 Å². The van der Waals surface area contributed by atoms with Crippen LogP contribution in [0.25, 0.3) is 0 Å². The summed E-state index contributed by atoms with van der Waals surface area (Å²) in [6, 6.07) is 0. The van der Waals surface area contributed by atoms with E-state index < -0.39 is 0 Å². The Hall–Kier alpha value is -0.900. The first-order valence-corrected chi connectivity index (χ1v) is 2.62. The van der Waals surface area contributed by atoms with Gasteiger partial charge in [0.05, 0.1) is 12.9 Å². The summed E-state index contributed by atoms with van der Waals surface area (Å²) >= 11 is 0. The molecule has 0 aliphatic carbocycles. The molecule has 44 valence electrons. The molecule has 0 bridgehead atoms. The Bertz CT molecular complexity index is 97.4. The highest BCUT2D eigenvalue weighted by Crippen LogP contribution is 1.80. The summed E-state index contributed by atoms with van der Waals surface area (Å²) in [7, 11) is 0. The molecule has 0 unspecified atom stereocenters. The molecule has 0 spiro atoms. The highest BCUT2D eigenvalue weighted by atomic mass is 16.5. The Labute approximate surface area is 50.4 Å². The van der Waals surface area contributed by atoms with Crippen LogP contribution < -0.4 is 0 Å². The Morgan fingerprint density at radius 2 is 2.50 bits per heavy atom. The number of ether oxygens (including phenoxy) is 1. The van der Waals surface area contributed by atoms with Gasteiger partial charge in [0.25, 0.3) is 0 Å². The second-order valence-corrected chi connectivity index (χ2v) is 1.24. The highest BCUT2D eigenvalue weighted by molar-refractivity contribution is 4.93. The molecule has 1 nitrogen and oxygen atoms in total. The first-order valence-electron chi connectivity index (χ1n) is 2.62. The maximum absolute atomic E-state index is 4.95. The van der Waals surface area contributed by atoms with E-state index in [9.17, 15) is 0 Å². The largest absolute Gasteiger partial charge is 0.502 e. The van der Waals surface area contributed by atoms with Crippen molar-refractivity contribution in [2.75, 3.05) is 6.61 Å². The van der Waals surface area contributed by atoms with Crippen LogP contribution in [0.4, 0.5) is 0 Å². The Morgan fingerprint density at radius 3 is 3.00 bits per heavy atom. The van der Waals surface area contributed by atoms with Gasteiger partial charge >= 0.3 is 0 Å². The fourth-order valence-corrected chi connectivity index (χ4v) is 0.280. The molecule has 0 saturated heterocycles. The normalized spacial score (nSPS) is 9.00. The third-order valence-corrected chi connectivity index (χ3v) is 0.595. The molecular formula is C7H10O. The molecule has 0 N–H and O–H groups in total. The SMILES string of the molecule is C#CC/C=C\OCC. The van der Waals surface area contributed by atoms with Crippen molar-refractivity contribution in [2.24, 2.45) is 0 Å². The van der Waals surface area contributed by atoms with E-state index in [0.717, 1.165) is 0 Å². The molecule has 0 aromatic rings. The minimum atomic E-state index is 0.653. The molecule has 0 saturated carbocycles. The van der Waals surface area contributed by atoms with Crippen LogP contribution >= 0.6 is 0 Å². The average molecular weight is 110 g/mol. The topological polar surface area (TPSA) is 9.23 Å². The number of hydrogen-bond acceptors (Lipinski definition) is 1. The lowest BCUT2D eigenvalue weighted by Gasteiger charge is -1.88. The molecule has 0 aliphatic heterocycles. The van der Waals surface area contributed by atoms with Gasteiger partial charge in [0.1, 0.15) is 0 Å². The Balaban J connectivity index is 2.98. The van der Waals surface area contributed by atoms with Crippen LogP contribution in [0.3, 0.4) is 0 Å². The Kier molecular flexibility index (Phi) is 5.41. The van der Waals surface area contributed by atoms with Crippen LogP contribution in [0.5, 0.6) is 0 Å². The smallest absolute Gasteiger partial charge is 0.0845 e. The van der Waals surface area contributed by atoms with Crippen LogP contribution in [0.15, 0.2) is 12.3 Å². The van der Waals surface area contributed by atoms with Crippen LogP contribution in [-0.4, -0.2) is 6.61 Å². The van der Waals surface area contributed by atoms with Gasteiger partial charge in [-0.15, -0.1) is 12.3 Å². The molecule has 0 atom stereocenters. The predicted octanol–water partition coefficient (Wildman–Crippen LogP) is 1.56. The van der Waals surface area contributed by atoms with Crippen molar-refractivity contribution < 1.29 is 4.74 Å². The zero-order valence-electron chi connectivity index (χ0n) is 5.05. The number of rotatable bonds is 3. The van der Waals surface area contributed by atoms with Crippen LogP contribution in [0.1, 0.15) is 13.3 Å². The van der Waals surface area contributed by atoms with E-state index in [1.165, 1.54) is 0 Å². The van der Waals surface area contributed by atoms with E-state index in [1.54, 1.807) is 6.26 Å². The van der Waals surface area contributed by atoms with E-state index >= 15 is 0 Å². The summed E-state index contributed by atoms with van der Waals surface area (Å²) in [5, 5.41) is 0. The van der Waals surface area contributed by atoms with Crippen LogP contribution in [-0.2, 0) is 4.74 Å². The molecule has 8 heavy (non-hydrogen) atoms. The van der Waals surface area contributed by atoms with Crippen LogP contribution in [0.2, 0.25) is 0 Å². The monoisotopic (exact) mass is 110 g/mol. The van der Waals surface area contributed by atoms with Crippen molar-refractivity contribution in [3.8, 4) is 12.3 Å². The second-order valence-electron chi connectivity index (χ2n) is 1.24. The highest BCUT2D eigenvalue weighted by Gasteiger charge is 1.67. The molecule has 0 rings (SSSR count). The van der Waals surface area contributed by atoms with Gasteiger partial charge in [0.2, 0.25) is 0 Å². The Morgan fingerprint density at radius 1 is 1.75 bits per heavy atom. The third kappa shape index (κ3) is 5.10. The van der Waals surface area contributed by atoms with E-state index in [-0.39, 0.29) is 0 Å². The van der Waals surface area contributed by atoms with Gasteiger partial charge in [-0.1, -0.05) is 0 Å². The molecule has 0 fully saturated rings. The van der Waals surface area contributed by atoms with Crippen molar-refractivity contribution in [3.05, 3.63) is 12.3 Å². The lowest BCUT2D eigenvalue weighted by molar-refractivity contribution is 0.268. The first-order chi connectivity index (χ1) is 3.91. The van der Waals surface area contributed by atoms with Crippen molar-refractivity contribution in [3.63, 3.8) is 0 Å². The number of allylic oxidation sites excluding steroid dienone is 1. The van der Waals surface area contributed by atoms with Crippen molar-refractivity contribution >= 4 is 0 Å². The van der Waals surface area contributed by atoms with Crippen LogP contribution in [0, 0.1) is 12.3 Å².